The molecule has 0 spiro atoms. The lowest BCUT2D eigenvalue weighted by molar-refractivity contribution is 1.55. The van der Waals surface area contributed by atoms with Crippen LogP contribution in [0.4, 0.5) is 0 Å². The third-order valence-electron chi connectivity index (χ3n) is 0.906. The molecule has 0 aromatic heterocycles. The fourth-order valence-electron chi connectivity index (χ4n) is 0.335. The molecule has 0 amide bonds. The highest BCUT2D eigenvalue weighted by atomic mass is 13.7. The zero-order chi connectivity index (χ0) is 7.11. The van der Waals surface area contributed by atoms with Crippen LogP contribution in [0, 0.1) is 0 Å². The molecule has 0 nitrogen and oxygen atoms in total. The predicted molar refractivity (Wildman–Crippen MR) is 42.3 cm³/mol. The Morgan fingerprint density at radius 2 is 2.22 bits per heavy atom. The second-order valence-electron chi connectivity index (χ2n) is 1.72. The van der Waals surface area contributed by atoms with Crippen LogP contribution in [-0.4, -0.2) is 0 Å². The lowest BCUT2D eigenvalue weighted by atomic mass is 10.3. The molecule has 0 aromatic carbocycles. The van der Waals surface area contributed by atoms with Crippen molar-refractivity contribution in [3.05, 3.63) is 42.2 Å². The van der Waals surface area contributed by atoms with Gasteiger partial charge in [0.2, 0.25) is 0 Å². The molecule has 0 saturated carbocycles. The Hall–Kier alpha value is -1.00. The first-order valence-electron chi connectivity index (χ1n) is 2.98. The molecule has 9 heavy (non-hydrogen) atoms. The van der Waals surface area contributed by atoms with E-state index in [1.165, 1.54) is 0 Å². The zero-order valence-corrected chi connectivity index (χ0v) is 6.02. The Bertz CT molecular complexity index is 164. The van der Waals surface area contributed by atoms with Gasteiger partial charge >= 0.3 is 0 Å². The summed E-state index contributed by atoms with van der Waals surface area (Å²) in [5.74, 6) is 0. The highest BCUT2D eigenvalue weighted by Gasteiger charge is 1.67. The first-order valence-corrected chi connectivity index (χ1v) is 2.98. The summed E-state index contributed by atoms with van der Waals surface area (Å²) in [6.07, 6.45) is 7.55. The van der Waals surface area contributed by atoms with Gasteiger partial charge in [-0.3, -0.25) is 0 Å². The molecule has 0 aliphatic heterocycles. The van der Waals surface area contributed by atoms with Crippen LogP contribution in [0.1, 0.15) is 13.8 Å². The maximum Gasteiger partial charge on any atom is -0.00973 e. The zero-order valence-electron chi connectivity index (χ0n) is 6.02. The number of hydrogen-bond acceptors (Lipinski definition) is 0. The first kappa shape index (κ1) is 8.00. The SMILES string of the molecule is C=CC(C)=C=C/C=C/C. The average Bonchev–Trinajstić information content (AvgIpc) is 1.89. The fraction of sp³-hybridized carbons (Fsp3) is 0.222. The number of hydrogen-bond donors (Lipinski definition) is 0. The normalized spacial score (nSPS) is 8.67. The van der Waals surface area contributed by atoms with E-state index >= 15 is 0 Å². The third-order valence-corrected chi connectivity index (χ3v) is 0.906. The molecule has 0 aliphatic rings. The third kappa shape index (κ3) is 4.86. The minimum atomic E-state index is 1.06. The summed E-state index contributed by atoms with van der Waals surface area (Å²) in [4.78, 5) is 0. The van der Waals surface area contributed by atoms with E-state index in [-0.39, 0.29) is 0 Å². The Kier molecular flexibility index (Phi) is 4.57. The molecule has 0 aromatic rings. The van der Waals surface area contributed by atoms with Gasteiger partial charge in [0.05, 0.1) is 0 Å². The summed E-state index contributed by atoms with van der Waals surface area (Å²) in [6, 6.07) is 0. The van der Waals surface area contributed by atoms with E-state index in [0.717, 1.165) is 5.57 Å². The topological polar surface area (TPSA) is 0 Å². The van der Waals surface area contributed by atoms with Crippen molar-refractivity contribution in [3.8, 4) is 0 Å². The first-order chi connectivity index (χ1) is 4.31. The van der Waals surface area contributed by atoms with Crippen molar-refractivity contribution in [1.29, 1.82) is 0 Å². The Morgan fingerprint density at radius 3 is 2.67 bits per heavy atom. The van der Waals surface area contributed by atoms with E-state index in [0.29, 0.717) is 0 Å². The second-order valence-corrected chi connectivity index (χ2v) is 1.72. The molecule has 48 valence electrons. The quantitative estimate of drug-likeness (QED) is 0.388. The summed E-state index contributed by atoms with van der Waals surface area (Å²) in [5.41, 5.74) is 4.08. The van der Waals surface area contributed by atoms with Gasteiger partial charge < -0.3 is 0 Å². The van der Waals surface area contributed by atoms with E-state index in [1.54, 1.807) is 6.08 Å². The van der Waals surface area contributed by atoms with Crippen LogP contribution in [-0.2, 0) is 0 Å². The maximum absolute atomic E-state index is 3.60. The largest absolute Gasteiger partial charge is 0.118 e. The molecule has 0 atom stereocenters. The lowest BCUT2D eigenvalue weighted by Gasteiger charge is -1.76. The van der Waals surface area contributed by atoms with E-state index in [9.17, 15) is 0 Å². The molecular formula is C9H12. The van der Waals surface area contributed by atoms with Gasteiger partial charge in [0, 0.05) is 0 Å². The molecule has 0 heterocycles. The van der Waals surface area contributed by atoms with Crippen LogP contribution in [0.15, 0.2) is 42.2 Å². The number of allylic oxidation sites excluding steroid dienone is 4. The molecule has 0 unspecified atom stereocenters. The van der Waals surface area contributed by atoms with Gasteiger partial charge in [-0.15, -0.1) is 5.73 Å². The summed E-state index contributed by atoms with van der Waals surface area (Å²) >= 11 is 0. The van der Waals surface area contributed by atoms with Crippen molar-refractivity contribution in [2.24, 2.45) is 0 Å². The van der Waals surface area contributed by atoms with Crippen molar-refractivity contribution < 1.29 is 0 Å². The Labute approximate surface area is 56.9 Å². The van der Waals surface area contributed by atoms with Crippen molar-refractivity contribution in [2.45, 2.75) is 13.8 Å². The summed E-state index contributed by atoms with van der Waals surface area (Å²) in [7, 11) is 0. The van der Waals surface area contributed by atoms with E-state index in [4.69, 9.17) is 0 Å². The van der Waals surface area contributed by atoms with Gasteiger partial charge in [0.15, 0.2) is 0 Å². The van der Waals surface area contributed by atoms with Crippen LogP contribution < -0.4 is 0 Å². The van der Waals surface area contributed by atoms with E-state index in [1.807, 2.05) is 32.1 Å². The summed E-state index contributed by atoms with van der Waals surface area (Å²) in [5, 5.41) is 0. The van der Waals surface area contributed by atoms with Crippen LogP contribution in [0.25, 0.3) is 0 Å². The van der Waals surface area contributed by atoms with Crippen LogP contribution in [0.2, 0.25) is 0 Å². The van der Waals surface area contributed by atoms with Crippen molar-refractivity contribution in [3.63, 3.8) is 0 Å². The van der Waals surface area contributed by atoms with Gasteiger partial charge in [0.1, 0.15) is 0 Å². The maximum atomic E-state index is 3.60. The molecule has 0 bridgehead atoms. The summed E-state index contributed by atoms with van der Waals surface area (Å²) < 4.78 is 0. The number of rotatable bonds is 2. The van der Waals surface area contributed by atoms with E-state index < -0.39 is 0 Å². The lowest BCUT2D eigenvalue weighted by Crippen LogP contribution is -1.56. The highest BCUT2D eigenvalue weighted by Crippen LogP contribution is 1.87. The predicted octanol–water partition coefficient (Wildman–Crippen LogP) is 2.85. The second kappa shape index (κ2) is 5.14. The molecule has 0 radical (unpaired) electrons. The fourth-order valence-corrected chi connectivity index (χ4v) is 0.335. The van der Waals surface area contributed by atoms with Crippen LogP contribution >= 0.6 is 0 Å². The molecule has 0 rings (SSSR count). The van der Waals surface area contributed by atoms with Crippen LogP contribution in [0.3, 0.4) is 0 Å². The molecule has 0 N–H and O–H groups in total. The van der Waals surface area contributed by atoms with Gasteiger partial charge in [0.25, 0.3) is 0 Å². The van der Waals surface area contributed by atoms with Crippen molar-refractivity contribution in [1.82, 2.24) is 0 Å². The average molecular weight is 120 g/mol. The monoisotopic (exact) mass is 120 g/mol. The smallest absolute Gasteiger partial charge is 0.00973 e. The van der Waals surface area contributed by atoms with Crippen LogP contribution in [0.5, 0.6) is 0 Å². The molecular weight excluding hydrogens is 108 g/mol. The van der Waals surface area contributed by atoms with Gasteiger partial charge in [-0.1, -0.05) is 24.8 Å². The summed E-state index contributed by atoms with van der Waals surface area (Å²) in [6.45, 7) is 7.53. The molecule has 0 saturated heterocycles. The molecule has 0 fully saturated rings. The minimum absolute atomic E-state index is 1.06. The Morgan fingerprint density at radius 1 is 1.56 bits per heavy atom. The molecule has 0 aliphatic carbocycles. The van der Waals surface area contributed by atoms with Gasteiger partial charge in [-0.25, -0.2) is 0 Å². The Balaban J connectivity index is 4.07. The highest BCUT2D eigenvalue weighted by molar-refractivity contribution is 5.15. The van der Waals surface area contributed by atoms with E-state index in [2.05, 4.69) is 12.3 Å². The minimum Gasteiger partial charge on any atom is -0.118 e. The van der Waals surface area contributed by atoms with Crippen molar-refractivity contribution in [2.75, 3.05) is 0 Å². The standard InChI is InChI=1S/C9H12/c1-4-6-7-8-9(3)5-2/h4-7H,2H2,1,3H3/b6-4+. The van der Waals surface area contributed by atoms with Gasteiger partial charge in [-0.2, -0.15) is 0 Å². The molecule has 0 heteroatoms. The van der Waals surface area contributed by atoms with Gasteiger partial charge in [-0.05, 0) is 25.5 Å². The van der Waals surface area contributed by atoms with Crippen molar-refractivity contribution >= 4 is 0 Å².